The maximum Gasteiger partial charge on any atom is 0.306 e. The zero-order chi connectivity index (χ0) is 34.8. The molecule has 0 radical (unpaired) electrons. The maximum atomic E-state index is 15.0. The quantitative estimate of drug-likeness (QED) is 0.201. The number of likely N-dealkylation sites (tertiary alicyclic amines) is 1. The minimum atomic E-state index is -1.41. The molecule has 3 amide bonds. The number of carbonyl (C=O) groups is 4. The molecule has 1 spiro atoms. The topological polar surface area (TPSA) is 156 Å². The fourth-order valence-electron chi connectivity index (χ4n) is 7.62. The van der Waals surface area contributed by atoms with E-state index < -0.39 is 47.5 Å². The number of halogens is 1. The normalized spacial score (nSPS) is 29.2. The molecule has 5 bridgehead atoms. The summed E-state index contributed by atoms with van der Waals surface area (Å²) in [6.07, 6.45) is 6.92. The minimum Gasteiger partial charge on any atom is -0.463 e. The van der Waals surface area contributed by atoms with Gasteiger partial charge in [0.2, 0.25) is 11.8 Å². The third kappa shape index (κ3) is 6.24. The van der Waals surface area contributed by atoms with Crippen molar-refractivity contribution in [1.82, 2.24) is 30.1 Å². The van der Waals surface area contributed by atoms with Gasteiger partial charge in [-0.2, -0.15) is 0 Å². The molecular formula is C36H39BrN6O7. The zero-order valence-electron chi connectivity index (χ0n) is 27.4. The molecule has 4 aliphatic heterocycles. The van der Waals surface area contributed by atoms with Crippen molar-refractivity contribution in [3.63, 3.8) is 0 Å². The van der Waals surface area contributed by atoms with Crippen molar-refractivity contribution < 1.29 is 33.8 Å². The Morgan fingerprint density at radius 3 is 2.60 bits per heavy atom. The average molecular weight is 748 g/mol. The molecule has 262 valence electrons. The number of amides is 3. The Morgan fingerprint density at radius 1 is 0.980 bits per heavy atom. The minimum absolute atomic E-state index is 0.0233. The number of benzene rings is 2. The SMILES string of the molecule is O=C1CC/C=C\CN(Cn2nnc3ccccc32)C(=O)[C@H]2N(CCCCCO)C(=O)[C@@H]3[C@@H](C(=O)N[C@@H](c4ccccc4)CO1)[C@@H]1O[C@@]32C=C1Br. The number of allylic oxidation sites excluding steroid dienone is 1. The van der Waals surface area contributed by atoms with E-state index in [9.17, 15) is 19.5 Å². The summed E-state index contributed by atoms with van der Waals surface area (Å²) in [4.78, 5) is 59.9. The molecule has 50 heavy (non-hydrogen) atoms. The van der Waals surface area contributed by atoms with Gasteiger partial charge in [0.05, 0.1) is 23.4 Å². The summed E-state index contributed by atoms with van der Waals surface area (Å²) in [6.45, 7) is 0.372. The van der Waals surface area contributed by atoms with Crippen LogP contribution in [0, 0.1) is 11.8 Å². The first-order chi connectivity index (χ1) is 24.3. The van der Waals surface area contributed by atoms with Gasteiger partial charge in [-0.25, -0.2) is 4.68 Å². The summed E-state index contributed by atoms with van der Waals surface area (Å²) in [7, 11) is 0. The molecule has 13 nitrogen and oxygen atoms in total. The van der Waals surface area contributed by atoms with Crippen LogP contribution in [0.4, 0.5) is 0 Å². The highest BCUT2D eigenvalue weighted by Gasteiger charge is 2.74. The number of aromatic nitrogens is 3. The Hall–Kier alpha value is -4.40. The fraction of sp³-hybridized carbons (Fsp3) is 0.444. The number of ether oxygens (including phenoxy) is 2. The summed E-state index contributed by atoms with van der Waals surface area (Å²) in [6, 6.07) is 14.9. The van der Waals surface area contributed by atoms with Crippen LogP contribution >= 0.6 is 15.9 Å². The summed E-state index contributed by atoms with van der Waals surface area (Å²) in [5.41, 5.74) is 0.741. The van der Waals surface area contributed by atoms with Crippen LogP contribution in [0.3, 0.4) is 0 Å². The highest BCUT2D eigenvalue weighted by atomic mass is 79.9. The number of para-hydroxylation sites is 1. The number of aliphatic hydroxyl groups excluding tert-OH is 1. The van der Waals surface area contributed by atoms with Gasteiger partial charge >= 0.3 is 5.97 Å². The van der Waals surface area contributed by atoms with E-state index in [0.717, 1.165) is 11.1 Å². The third-order valence-electron chi connectivity index (χ3n) is 9.99. The Morgan fingerprint density at radius 2 is 1.78 bits per heavy atom. The van der Waals surface area contributed by atoms with Crippen molar-refractivity contribution in [2.24, 2.45) is 11.8 Å². The lowest BCUT2D eigenvalue weighted by atomic mass is 9.74. The van der Waals surface area contributed by atoms with Crippen molar-refractivity contribution in [3.05, 3.63) is 82.9 Å². The number of carbonyl (C=O) groups excluding carboxylic acids is 4. The molecule has 0 unspecified atom stereocenters. The standard InChI is InChI=1S/C36H39BrN6O7/c37-24-20-36-30-29(31(24)50-36)33(46)38-26(23-12-4-1-5-13-23)21-49-28(45)16-6-2-9-17-41(22-43-27-15-8-7-14-25(27)39-40-43)35(48)32(36)42(34(30)47)18-10-3-11-19-44/h1-2,4-5,7-9,12-15,20,26,29-32,44H,3,6,10-11,16-19,21-22H2,(H,38,46)/b9-2-/t26-,29-,30+,31-,32-,36+/m1/s1. The Bertz CT molecular complexity index is 1830. The van der Waals surface area contributed by atoms with Gasteiger partial charge in [-0.15, -0.1) is 5.10 Å². The van der Waals surface area contributed by atoms with E-state index in [1.165, 1.54) is 0 Å². The van der Waals surface area contributed by atoms with Crippen LogP contribution in [0.15, 0.2) is 77.3 Å². The lowest BCUT2D eigenvalue weighted by molar-refractivity contribution is -0.149. The number of esters is 1. The monoisotopic (exact) mass is 746 g/mol. The van der Waals surface area contributed by atoms with E-state index in [1.54, 1.807) is 20.6 Å². The van der Waals surface area contributed by atoms with Crippen LogP contribution in [-0.4, -0.2) is 97.6 Å². The van der Waals surface area contributed by atoms with Crippen LogP contribution in [0.5, 0.6) is 0 Å². The van der Waals surface area contributed by atoms with Gasteiger partial charge < -0.3 is 29.7 Å². The van der Waals surface area contributed by atoms with E-state index in [0.29, 0.717) is 35.7 Å². The summed E-state index contributed by atoms with van der Waals surface area (Å²) >= 11 is 3.62. The summed E-state index contributed by atoms with van der Waals surface area (Å²) in [5.74, 6) is -3.48. The molecule has 2 saturated heterocycles. The predicted octanol–water partition coefficient (Wildman–Crippen LogP) is 3.00. The van der Waals surface area contributed by atoms with Gasteiger partial charge in [0.25, 0.3) is 5.91 Å². The molecular weight excluding hydrogens is 708 g/mol. The Balaban J connectivity index is 1.29. The number of hydrogen-bond acceptors (Lipinski definition) is 9. The first kappa shape index (κ1) is 34.1. The van der Waals surface area contributed by atoms with Gasteiger partial charge in [-0.1, -0.05) is 75.8 Å². The predicted molar refractivity (Wildman–Crippen MR) is 184 cm³/mol. The van der Waals surface area contributed by atoms with Gasteiger partial charge in [-0.3, -0.25) is 19.2 Å². The van der Waals surface area contributed by atoms with E-state index in [-0.39, 0.29) is 51.2 Å². The van der Waals surface area contributed by atoms with E-state index in [1.807, 2.05) is 66.7 Å². The van der Waals surface area contributed by atoms with Gasteiger partial charge in [0, 0.05) is 30.6 Å². The molecule has 1 aromatic heterocycles. The number of fused-ring (bicyclic) bond motifs is 3. The second-order valence-corrected chi connectivity index (χ2v) is 14.0. The second-order valence-electron chi connectivity index (χ2n) is 13.1. The summed E-state index contributed by atoms with van der Waals surface area (Å²) < 4.78 is 14.5. The third-order valence-corrected chi connectivity index (χ3v) is 10.7. The van der Waals surface area contributed by atoms with Crippen molar-refractivity contribution in [1.29, 1.82) is 0 Å². The lowest BCUT2D eigenvalue weighted by Crippen LogP contribution is -2.56. The summed E-state index contributed by atoms with van der Waals surface area (Å²) in [5, 5.41) is 21.0. The van der Waals surface area contributed by atoms with Crippen LogP contribution in [-0.2, 0) is 35.3 Å². The highest BCUT2D eigenvalue weighted by molar-refractivity contribution is 9.11. The first-order valence-corrected chi connectivity index (χ1v) is 17.8. The number of cyclic esters (lactones) is 1. The molecule has 2 fully saturated rings. The molecule has 3 aromatic rings. The van der Waals surface area contributed by atoms with Crippen molar-refractivity contribution in [3.8, 4) is 0 Å². The van der Waals surface area contributed by atoms with E-state index in [2.05, 4.69) is 31.6 Å². The van der Waals surface area contributed by atoms with Crippen LogP contribution < -0.4 is 5.32 Å². The number of nitrogens with zero attached hydrogens (tertiary/aromatic N) is 5. The maximum absolute atomic E-state index is 15.0. The number of unbranched alkanes of at least 4 members (excludes halogenated alkanes) is 2. The van der Waals surface area contributed by atoms with Gasteiger partial charge in [0.15, 0.2) is 0 Å². The molecule has 5 heterocycles. The molecule has 6 atom stereocenters. The average Bonchev–Trinajstić information content (AvgIpc) is 3.84. The second kappa shape index (κ2) is 14.4. The first-order valence-electron chi connectivity index (χ1n) is 17.0. The van der Waals surface area contributed by atoms with Crippen LogP contribution in [0.25, 0.3) is 11.0 Å². The Kier molecular flexibility index (Phi) is 9.84. The zero-order valence-corrected chi connectivity index (χ0v) is 29.0. The van der Waals surface area contributed by atoms with Gasteiger partial charge in [-0.05, 0) is 49.5 Å². The van der Waals surface area contributed by atoms with Gasteiger partial charge in [0.1, 0.15) is 36.5 Å². The number of aliphatic hydroxyl groups is 1. The Labute approximate surface area is 297 Å². The number of hydrogen-bond donors (Lipinski definition) is 2. The molecule has 0 aliphatic carbocycles. The van der Waals surface area contributed by atoms with Crippen LogP contribution in [0.1, 0.15) is 43.7 Å². The fourth-order valence-corrected chi connectivity index (χ4v) is 8.36. The number of rotatable bonds is 8. The molecule has 2 N–H and O–H groups in total. The molecule has 4 aliphatic rings. The smallest absolute Gasteiger partial charge is 0.306 e. The van der Waals surface area contributed by atoms with Crippen molar-refractivity contribution >= 4 is 50.7 Å². The van der Waals surface area contributed by atoms with E-state index >= 15 is 4.79 Å². The molecule has 2 aromatic carbocycles. The van der Waals surface area contributed by atoms with Crippen LogP contribution in [0.2, 0.25) is 0 Å². The lowest BCUT2D eigenvalue weighted by Gasteiger charge is -2.35. The molecule has 7 rings (SSSR count). The van der Waals surface area contributed by atoms with Crippen molar-refractivity contribution in [2.45, 2.75) is 62.6 Å². The largest absolute Gasteiger partial charge is 0.463 e. The van der Waals surface area contributed by atoms with E-state index in [4.69, 9.17) is 9.47 Å². The highest BCUT2D eigenvalue weighted by Crippen LogP contribution is 2.58. The number of nitrogens with one attached hydrogen (secondary N) is 1. The van der Waals surface area contributed by atoms with Crippen molar-refractivity contribution in [2.75, 3.05) is 26.3 Å². The molecule has 14 heteroatoms. The molecule has 0 saturated carbocycles.